The first-order chi connectivity index (χ1) is 15.7. The molecule has 188 valence electrons. The van der Waals surface area contributed by atoms with Gasteiger partial charge in [-0.3, -0.25) is 9.36 Å². The van der Waals surface area contributed by atoms with E-state index in [9.17, 15) is 9.59 Å². The highest BCUT2D eigenvalue weighted by Gasteiger charge is 2.15. The molecule has 2 aromatic rings. The summed E-state index contributed by atoms with van der Waals surface area (Å²) >= 11 is 0. The van der Waals surface area contributed by atoms with Crippen LogP contribution in [0, 0.1) is 0 Å². The second kappa shape index (κ2) is 12.9. The molecule has 1 saturated heterocycles. The van der Waals surface area contributed by atoms with Crippen molar-refractivity contribution in [2.24, 2.45) is 11.5 Å². The molecule has 10 heteroatoms. The van der Waals surface area contributed by atoms with Crippen molar-refractivity contribution in [1.29, 1.82) is 0 Å². The third-order valence-electron chi connectivity index (χ3n) is 5.77. The summed E-state index contributed by atoms with van der Waals surface area (Å²) in [6, 6.07) is 9.09. The number of aromatic nitrogens is 2. The summed E-state index contributed by atoms with van der Waals surface area (Å²) in [5.74, 6) is -0.0652. The van der Waals surface area contributed by atoms with Gasteiger partial charge in [0.25, 0.3) is 5.91 Å². The molecule has 0 atom stereocenters. The minimum absolute atomic E-state index is 0. The van der Waals surface area contributed by atoms with E-state index in [4.69, 9.17) is 11.5 Å². The molecule has 0 radical (unpaired) electrons. The van der Waals surface area contributed by atoms with E-state index >= 15 is 0 Å². The number of piperidine rings is 1. The molecule has 1 aliphatic heterocycles. The molecular formula is C24H38ClN7O2. The molecule has 3 rings (SSSR count). The molecule has 0 spiro atoms. The number of halogens is 1. The van der Waals surface area contributed by atoms with Gasteiger partial charge in [0.2, 0.25) is 0 Å². The lowest BCUT2D eigenvalue weighted by Crippen LogP contribution is -2.40. The zero-order valence-electron chi connectivity index (χ0n) is 20.1. The quantitative estimate of drug-likeness (QED) is 0.375. The fourth-order valence-electron chi connectivity index (χ4n) is 3.72. The van der Waals surface area contributed by atoms with Gasteiger partial charge in [0.1, 0.15) is 5.82 Å². The van der Waals surface area contributed by atoms with E-state index in [-0.39, 0.29) is 35.4 Å². The van der Waals surface area contributed by atoms with Crippen LogP contribution in [0.1, 0.15) is 49.9 Å². The molecule has 0 saturated carbocycles. The molecule has 2 heterocycles. The van der Waals surface area contributed by atoms with E-state index in [1.54, 1.807) is 29.0 Å². The van der Waals surface area contributed by atoms with Crippen molar-refractivity contribution in [3.63, 3.8) is 0 Å². The lowest BCUT2D eigenvalue weighted by Gasteiger charge is -2.29. The molecule has 9 nitrogen and oxygen atoms in total. The first-order valence-corrected chi connectivity index (χ1v) is 11.7. The minimum Gasteiger partial charge on any atom is -0.383 e. The van der Waals surface area contributed by atoms with Gasteiger partial charge in [-0.1, -0.05) is 0 Å². The number of nitrogens with zero attached hydrogens (tertiary/aromatic N) is 3. The Morgan fingerprint density at radius 3 is 2.38 bits per heavy atom. The van der Waals surface area contributed by atoms with Crippen molar-refractivity contribution in [3.05, 3.63) is 52.6 Å². The highest BCUT2D eigenvalue weighted by atomic mass is 35.5. The van der Waals surface area contributed by atoms with E-state index < -0.39 is 0 Å². The van der Waals surface area contributed by atoms with Gasteiger partial charge >= 0.3 is 5.69 Å². The van der Waals surface area contributed by atoms with Gasteiger partial charge in [-0.25, -0.2) is 4.79 Å². The zero-order chi connectivity index (χ0) is 23.8. The van der Waals surface area contributed by atoms with Crippen LogP contribution in [-0.2, 0) is 6.54 Å². The Morgan fingerprint density at radius 2 is 1.76 bits per heavy atom. The predicted octanol–water partition coefficient (Wildman–Crippen LogP) is 2.27. The van der Waals surface area contributed by atoms with Crippen LogP contribution in [0.5, 0.6) is 0 Å². The van der Waals surface area contributed by atoms with E-state index in [1.165, 1.54) is 0 Å². The number of nitrogens with two attached hydrogens (primary N) is 2. The maximum atomic E-state index is 12.5. The molecule has 1 aromatic carbocycles. The van der Waals surface area contributed by atoms with E-state index in [0.717, 1.165) is 51.0 Å². The summed E-state index contributed by atoms with van der Waals surface area (Å²) < 4.78 is 1.58. The summed E-state index contributed by atoms with van der Waals surface area (Å²) in [6.45, 7) is 8.25. The van der Waals surface area contributed by atoms with Crippen LogP contribution in [0.15, 0.2) is 41.3 Å². The van der Waals surface area contributed by atoms with Crippen LogP contribution >= 0.6 is 12.4 Å². The number of hydrogen-bond acceptors (Lipinski definition) is 7. The predicted molar refractivity (Wildman–Crippen MR) is 140 cm³/mol. The van der Waals surface area contributed by atoms with Gasteiger partial charge < -0.3 is 27.0 Å². The number of aryl methyl sites for hydroxylation is 1. The third kappa shape index (κ3) is 9.06. The van der Waals surface area contributed by atoms with Crippen molar-refractivity contribution in [2.45, 2.75) is 57.7 Å². The van der Waals surface area contributed by atoms with Gasteiger partial charge in [-0.05, 0) is 89.5 Å². The largest absolute Gasteiger partial charge is 0.383 e. The monoisotopic (exact) mass is 491 g/mol. The smallest absolute Gasteiger partial charge is 0.349 e. The van der Waals surface area contributed by atoms with Crippen molar-refractivity contribution >= 4 is 29.8 Å². The Morgan fingerprint density at radius 1 is 1.12 bits per heavy atom. The van der Waals surface area contributed by atoms with E-state index in [1.807, 2.05) is 26.0 Å². The molecule has 1 fully saturated rings. The number of carbonyl (C=O) groups is 1. The van der Waals surface area contributed by atoms with Gasteiger partial charge in [-0.15, -0.1) is 12.4 Å². The summed E-state index contributed by atoms with van der Waals surface area (Å²) in [5.41, 5.74) is 12.6. The number of likely N-dealkylation sites (tertiary alicyclic amines) is 1. The third-order valence-corrected chi connectivity index (χ3v) is 5.77. The average Bonchev–Trinajstić information content (AvgIpc) is 2.77. The normalized spacial score (nSPS) is 14.9. The average molecular weight is 492 g/mol. The van der Waals surface area contributed by atoms with Crippen molar-refractivity contribution in [1.82, 2.24) is 14.5 Å². The van der Waals surface area contributed by atoms with Gasteiger partial charge in [0.05, 0.1) is 0 Å². The van der Waals surface area contributed by atoms with Crippen LogP contribution < -0.4 is 27.8 Å². The maximum Gasteiger partial charge on any atom is 0.349 e. The Bertz CT molecular complexity index is 965. The van der Waals surface area contributed by atoms with Crippen LogP contribution in [0.2, 0.25) is 0 Å². The molecule has 0 unspecified atom stereocenters. The second-order valence-electron chi connectivity index (χ2n) is 9.55. The number of hydrogen-bond donors (Lipinski definition) is 4. The number of benzene rings is 1. The Labute approximate surface area is 207 Å². The summed E-state index contributed by atoms with van der Waals surface area (Å²) in [5, 5.41) is 5.93. The topological polar surface area (TPSA) is 131 Å². The number of carbonyl (C=O) groups excluding carboxylic acids is 1. The molecule has 0 bridgehead atoms. The molecule has 1 aromatic heterocycles. The zero-order valence-corrected chi connectivity index (χ0v) is 20.9. The van der Waals surface area contributed by atoms with Crippen LogP contribution in [0.25, 0.3) is 0 Å². The van der Waals surface area contributed by atoms with Gasteiger partial charge in [-0.2, -0.15) is 4.98 Å². The van der Waals surface area contributed by atoms with Crippen LogP contribution in [-0.4, -0.2) is 58.1 Å². The van der Waals surface area contributed by atoms with Crippen molar-refractivity contribution in [2.75, 3.05) is 36.8 Å². The minimum atomic E-state index is -0.360. The molecule has 34 heavy (non-hydrogen) atoms. The summed E-state index contributed by atoms with van der Waals surface area (Å²) in [4.78, 5) is 31.3. The standard InChI is InChI=1S/C24H37N7O2.ClH/c1-24(2,26)17-27-20-7-5-18(6-8-20)22(32)28-21-11-16-31(23(33)29-21)13-4-3-12-30-14-9-19(25)10-15-30;/h5-8,11,16,19,27H,3-4,9-10,12-15,17,25-26H2,1-2H3,(H,28,29,32,33);1H. The summed E-state index contributed by atoms with van der Waals surface area (Å²) in [7, 11) is 0. The van der Waals surface area contributed by atoms with Crippen LogP contribution in [0.4, 0.5) is 11.5 Å². The first kappa shape index (κ1) is 27.8. The van der Waals surface area contributed by atoms with Crippen molar-refractivity contribution < 1.29 is 4.79 Å². The molecular weight excluding hydrogens is 454 g/mol. The second-order valence-corrected chi connectivity index (χ2v) is 9.55. The highest BCUT2D eigenvalue weighted by molar-refractivity contribution is 6.03. The molecule has 1 aliphatic rings. The van der Waals surface area contributed by atoms with E-state index in [0.29, 0.717) is 24.7 Å². The number of amides is 1. The number of anilines is 2. The fourth-order valence-corrected chi connectivity index (χ4v) is 3.72. The van der Waals surface area contributed by atoms with Gasteiger partial charge in [0, 0.05) is 42.1 Å². The van der Waals surface area contributed by atoms with Gasteiger partial charge in [0.15, 0.2) is 0 Å². The van der Waals surface area contributed by atoms with E-state index in [2.05, 4.69) is 20.5 Å². The Kier molecular flexibility index (Phi) is 10.5. The number of unbranched alkanes of at least 4 members (excludes halogenated alkanes) is 1. The lowest BCUT2D eigenvalue weighted by atomic mass is 10.1. The number of rotatable bonds is 10. The Hall–Kier alpha value is -2.46. The molecule has 1 amide bonds. The maximum absolute atomic E-state index is 12.5. The lowest BCUT2D eigenvalue weighted by molar-refractivity contribution is 0.102. The fraction of sp³-hybridized carbons (Fsp3) is 0.542. The molecule has 0 aliphatic carbocycles. The highest BCUT2D eigenvalue weighted by Crippen LogP contribution is 2.13. The van der Waals surface area contributed by atoms with Crippen molar-refractivity contribution in [3.8, 4) is 0 Å². The summed E-state index contributed by atoms with van der Waals surface area (Å²) in [6.07, 6.45) is 5.73. The van der Waals surface area contributed by atoms with Crippen LogP contribution in [0.3, 0.4) is 0 Å². The Balaban J connectivity index is 0.00000408. The first-order valence-electron chi connectivity index (χ1n) is 11.7. The molecule has 6 N–H and O–H groups in total. The number of nitrogens with one attached hydrogen (secondary N) is 2. The SMILES string of the molecule is CC(C)(N)CNc1ccc(C(=O)Nc2ccn(CCCCN3CCC(N)CC3)c(=O)n2)cc1.Cl.